The number of unbranched alkanes of at least 4 members (excludes halogenated alkanes) is 2. The summed E-state index contributed by atoms with van der Waals surface area (Å²) in [6.45, 7) is 6.65. The summed E-state index contributed by atoms with van der Waals surface area (Å²) >= 11 is 0. The first-order valence-electron chi connectivity index (χ1n) is 6.38. The summed E-state index contributed by atoms with van der Waals surface area (Å²) in [4.78, 5) is 25.5. The van der Waals surface area contributed by atoms with Gasteiger partial charge >= 0.3 is 0 Å². The van der Waals surface area contributed by atoms with E-state index in [9.17, 15) is 9.59 Å². The quantitative estimate of drug-likeness (QED) is 0.601. The van der Waals surface area contributed by atoms with Crippen molar-refractivity contribution in [3.63, 3.8) is 0 Å². The van der Waals surface area contributed by atoms with E-state index in [1.807, 2.05) is 20.8 Å². The Kier molecular flexibility index (Phi) is 4.77. The lowest BCUT2D eigenvalue weighted by Gasteiger charge is -2.38. The van der Waals surface area contributed by atoms with E-state index < -0.39 is 6.04 Å². The molecule has 1 fully saturated rings. The highest BCUT2D eigenvalue weighted by Gasteiger charge is 2.39. The van der Waals surface area contributed by atoms with E-state index in [4.69, 9.17) is 6.42 Å². The lowest BCUT2D eigenvalue weighted by Crippen LogP contribution is -2.62. The molecule has 1 rings (SSSR count). The van der Waals surface area contributed by atoms with E-state index in [0.717, 1.165) is 19.3 Å². The van der Waals surface area contributed by atoms with Crippen molar-refractivity contribution in [2.24, 2.45) is 5.41 Å². The highest BCUT2D eigenvalue weighted by molar-refractivity contribution is 5.95. The summed E-state index contributed by atoms with van der Waals surface area (Å²) in [6.07, 6.45) is 7.64. The maximum absolute atomic E-state index is 12.3. The van der Waals surface area contributed by atoms with Gasteiger partial charge in [0.25, 0.3) is 0 Å². The number of rotatable bonds is 4. The van der Waals surface area contributed by atoms with Crippen LogP contribution < -0.4 is 5.32 Å². The third-order valence-electron chi connectivity index (χ3n) is 3.06. The number of amides is 2. The Morgan fingerprint density at radius 1 is 1.39 bits per heavy atom. The second kappa shape index (κ2) is 5.90. The van der Waals surface area contributed by atoms with Crippen LogP contribution >= 0.6 is 0 Å². The van der Waals surface area contributed by atoms with Crippen LogP contribution in [0.4, 0.5) is 0 Å². The summed E-state index contributed by atoms with van der Waals surface area (Å²) in [5.74, 6) is 2.51. The molecule has 1 atom stereocenters. The molecule has 0 aromatic rings. The minimum atomic E-state index is -0.425. The topological polar surface area (TPSA) is 49.4 Å². The van der Waals surface area contributed by atoms with E-state index in [1.54, 1.807) is 4.90 Å². The molecule has 0 aliphatic carbocycles. The minimum absolute atomic E-state index is 0.0165. The molecule has 0 saturated carbocycles. The van der Waals surface area contributed by atoms with Crippen molar-refractivity contribution in [1.29, 1.82) is 0 Å². The van der Waals surface area contributed by atoms with Gasteiger partial charge in [-0.2, -0.15) is 0 Å². The van der Waals surface area contributed by atoms with E-state index in [2.05, 4.69) is 11.2 Å². The number of carbonyl (C=O) groups is 2. The largest absolute Gasteiger partial charge is 0.342 e. The smallest absolute Gasteiger partial charge is 0.246 e. The van der Waals surface area contributed by atoms with Gasteiger partial charge in [-0.05, 0) is 18.3 Å². The number of hydrogen-bond donors (Lipinski definition) is 1. The van der Waals surface area contributed by atoms with Gasteiger partial charge in [-0.25, -0.2) is 0 Å². The standard InChI is InChI=1S/C14H22N2O2/c1-5-6-7-8-9-16-10-11(17)15-12(13(16)18)14(2,3)4/h1,12H,6-10H2,2-4H3,(H,15,17). The molecule has 0 aromatic heterocycles. The molecule has 0 radical (unpaired) electrons. The Balaban J connectivity index is 2.60. The molecule has 2 amide bonds. The molecule has 1 aliphatic heterocycles. The highest BCUT2D eigenvalue weighted by atomic mass is 16.2. The molecule has 0 bridgehead atoms. The van der Waals surface area contributed by atoms with E-state index in [0.29, 0.717) is 6.54 Å². The molecule has 4 heteroatoms. The molecule has 0 spiro atoms. The Bertz CT molecular complexity index is 363. The van der Waals surface area contributed by atoms with Crippen molar-refractivity contribution < 1.29 is 9.59 Å². The molecule has 4 nitrogen and oxygen atoms in total. The van der Waals surface area contributed by atoms with E-state index >= 15 is 0 Å². The molecule has 1 heterocycles. The molecule has 18 heavy (non-hydrogen) atoms. The van der Waals surface area contributed by atoms with Crippen LogP contribution in [0.2, 0.25) is 0 Å². The van der Waals surface area contributed by atoms with Crippen LogP contribution in [-0.4, -0.2) is 35.8 Å². The SMILES string of the molecule is C#CCCCCN1CC(=O)NC(C(C)(C)C)C1=O. The number of nitrogens with one attached hydrogen (secondary N) is 1. The Hall–Kier alpha value is -1.50. The summed E-state index contributed by atoms with van der Waals surface area (Å²) in [5.41, 5.74) is -0.260. The average Bonchev–Trinajstić information content (AvgIpc) is 2.27. The Morgan fingerprint density at radius 2 is 2.06 bits per heavy atom. The molecule has 0 aromatic carbocycles. The first kappa shape index (κ1) is 14.6. The number of terminal acetylenes is 1. The van der Waals surface area contributed by atoms with Crippen molar-refractivity contribution >= 4 is 11.8 Å². The van der Waals surface area contributed by atoms with Gasteiger partial charge in [0, 0.05) is 13.0 Å². The maximum atomic E-state index is 12.3. The van der Waals surface area contributed by atoms with Crippen LogP contribution in [0.25, 0.3) is 0 Å². The van der Waals surface area contributed by atoms with Crippen LogP contribution in [0.5, 0.6) is 0 Å². The van der Waals surface area contributed by atoms with Crippen molar-refractivity contribution in [2.75, 3.05) is 13.1 Å². The normalized spacial score (nSPS) is 20.6. The van der Waals surface area contributed by atoms with Gasteiger partial charge in [0.1, 0.15) is 6.04 Å². The highest BCUT2D eigenvalue weighted by Crippen LogP contribution is 2.23. The molecule has 100 valence electrons. The Labute approximate surface area is 109 Å². The van der Waals surface area contributed by atoms with Crippen LogP contribution in [-0.2, 0) is 9.59 Å². The zero-order valence-corrected chi connectivity index (χ0v) is 11.5. The van der Waals surface area contributed by atoms with Gasteiger partial charge in [0.15, 0.2) is 0 Å². The van der Waals surface area contributed by atoms with Gasteiger partial charge in [0.2, 0.25) is 11.8 Å². The Morgan fingerprint density at radius 3 is 2.61 bits per heavy atom. The predicted octanol–water partition coefficient (Wildman–Crippen LogP) is 1.16. The van der Waals surface area contributed by atoms with Crippen LogP contribution in [0.15, 0.2) is 0 Å². The van der Waals surface area contributed by atoms with Crippen LogP contribution in [0.3, 0.4) is 0 Å². The number of nitrogens with zero attached hydrogens (tertiary/aromatic N) is 1. The predicted molar refractivity (Wildman–Crippen MR) is 70.6 cm³/mol. The number of piperazine rings is 1. The second-order valence-corrected chi connectivity index (χ2v) is 5.79. The maximum Gasteiger partial charge on any atom is 0.246 e. The fourth-order valence-electron chi connectivity index (χ4n) is 2.01. The van der Waals surface area contributed by atoms with Crippen molar-refractivity contribution in [1.82, 2.24) is 10.2 Å². The van der Waals surface area contributed by atoms with Crippen molar-refractivity contribution in [2.45, 2.75) is 46.1 Å². The van der Waals surface area contributed by atoms with Gasteiger partial charge in [-0.3, -0.25) is 9.59 Å². The monoisotopic (exact) mass is 250 g/mol. The zero-order valence-electron chi connectivity index (χ0n) is 11.5. The summed E-state index contributed by atoms with van der Waals surface area (Å²) < 4.78 is 0. The van der Waals surface area contributed by atoms with E-state index in [-0.39, 0.29) is 23.8 Å². The molecule has 1 saturated heterocycles. The first-order chi connectivity index (χ1) is 8.36. The molecule has 1 N–H and O–H groups in total. The van der Waals surface area contributed by atoms with Crippen molar-refractivity contribution in [3.8, 4) is 12.3 Å². The zero-order chi connectivity index (χ0) is 13.8. The molecular weight excluding hydrogens is 228 g/mol. The third kappa shape index (κ3) is 3.76. The molecular formula is C14H22N2O2. The van der Waals surface area contributed by atoms with Crippen molar-refractivity contribution in [3.05, 3.63) is 0 Å². The minimum Gasteiger partial charge on any atom is -0.342 e. The first-order valence-corrected chi connectivity index (χ1v) is 6.38. The van der Waals surface area contributed by atoms with Crippen LogP contribution in [0, 0.1) is 17.8 Å². The van der Waals surface area contributed by atoms with E-state index in [1.165, 1.54) is 0 Å². The van der Waals surface area contributed by atoms with Gasteiger partial charge in [0.05, 0.1) is 6.54 Å². The van der Waals surface area contributed by atoms with Crippen LogP contribution in [0.1, 0.15) is 40.0 Å². The molecule has 1 unspecified atom stereocenters. The molecule has 1 aliphatic rings. The third-order valence-corrected chi connectivity index (χ3v) is 3.06. The lowest BCUT2D eigenvalue weighted by atomic mass is 9.84. The fourth-order valence-corrected chi connectivity index (χ4v) is 2.01. The van der Waals surface area contributed by atoms with Gasteiger partial charge < -0.3 is 10.2 Å². The average molecular weight is 250 g/mol. The lowest BCUT2D eigenvalue weighted by molar-refractivity contribution is -0.147. The second-order valence-electron chi connectivity index (χ2n) is 5.79. The summed E-state index contributed by atoms with van der Waals surface area (Å²) in [7, 11) is 0. The number of hydrogen-bond acceptors (Lipinski definition) is 2. The summed E-state index contributed by atoms with van der Waals surface area (Å²) in [6, 6.07) is -0.425. The van der Waals surface area contributed by atoms with Gasteiger partial charge in [-0.15, -0.1) is 12.3 Å². The number of carbonyl (C=O) groups excluding carboxylic acids is 2. The summed E-state index contributed by atoms with van der Waals surface area (Å²) in [5, 5.41) is 2.78. The fraction of sp³-hybridized carbons (Fsp3) is 0.714. The van der Waals surface area contributed by atoms with Gasteiger partial charge in [-0.1, -0.05) is 20.8 Å².